The highest BCUT2D eigenvalue weighted by atomic mass is 16.1. The van der Waals surface area contributed by atoms with Crippen molar-refractivity contribution in [3.8, 4) is 0 Å². The highest BCUT2D eigenvalue weighted by molar-refractivity contribution is 5.75. The van der Waals surface area contributed by atoms with Crippen LogP contribution in [-0.2, 0) is 17.8 Å². The van der Waals surface area contributed by atoms with Gasteiger partial charge in [0.1, 0.15) is 0 Å². The van der Waals surface area contributed by atoms with E-state index in [1.807, 2.05) is 24.0 Å². The number of rotatable bonds is 5. The molecule has 4 heteroatoms. The van der Waals surface area contributed by atoms with Gasteiger partial charge in [-0.25, -0.2) is 0 Å². The molecule has 0 fully saturated rings. The molecule has 0 aliphatic heterocycles. The Morgan fingerprint density at radius 2 is 2.27 bits per heavy atom. The van der Waals surface area contributed by atoms with E-state index in [-0.39, 0.29) is 5.91 Å². The van der Waals surface area contributed by atoms with Gasteiger partial charge in [-0.05, 0) is 42.9 Å². The molecule has 1 heterocycles. The molecule has 1 aromatic carbocycles. The molecule has 4 nitrogen and oxygen atoms in total. The average Bonchev–Trinajstić information content (AvgIpc) is 2.96. The van der Waals surface area contributed by atoms with Crippen molar-refractivity contribution >= 4 is 5.91 Å². The molecule has 116 valence electrons. The molecule has 1 aliphatic rings. The third-order valence-electron chi connectivity index (χ3n) is 4.37. The fourth-order valence-electron chi connectivity index (χ4n) is 3.20. The Hall–Kier alpha value is -2.10. The number of nitrogens with zero attached hydrogens (tertiary/aromatic N) is 2. The summed E-state index contributed by atoms with van der Waals surface area (Å²) in [6, 6.07) is 8.62. The second-order valence-corrected chi connectivity index (χ2v) is 6.12. The summed E-state index contributed by atoms with van der Waals surface area (Å²) >= 11 is 0. The van der Waals surface area contributed by atoms with E-state index in [0.29, 0.717) is 18.9 Å². The summed E-state index contributed by atoms with van der Waals surface area (Å²) in [6.07, 6.45) is 7.80. The van der Waals surface area contributed by atoms with Crippen molar-refractivity contribution < 1.29 is 4.79 Å². The average molecular weight is 297 g/mol. The van der Waals surface area contributed by atoms with Gasteiger partial charge >= 0.3 is 0 Å². The monoisotopic (exact) mass is 297 g/mol. The minimum Gasteiger partial charge on any atom is -0.355 e. The zero-order chi connectivity index (χ0) is 15.4. The molecule has 2 aromatic rings. The van der Waals surface area contributed by atoms with E-state index in [1.165, 1.54) is 24.0 Å². The topological polar surface area (TPSA) is 46.9 Å². The number of benzene rings is 1. The second-order valence-electron chi connectivity index (χ2n) is 6.12. The van der Waals surface area contributed by atoms with Gasteiger partial charge in [0, 0.05) is 31.6 Å². The molecule has 1 aliphatic carbocycles. The number of carbonyl (C=O) groups is 1. The molecule has 1 unspecified atom stereocenters. The number of amides is 1. The minimum atomic E-state index is 0.108. The maximum atomic E-state index is 12.0. The fourth-order valence-corrected chi connectivity index (χ4v) is 3.20. The van der Waals surface area contributed by atoms with Gasteiger partial charge in [0.15, 0.2) is 0 Å². The van der Waals surface area contributed by atoms with Crippen molar-refractivity contribution in [2.45, 2.75) is 45.1 Å². The SMILES string of the molecule is Cc1cnn(CCC(=O)NCC2CCCc3ccccc32)c1. The summed E-state index contributed by atoms with van der Waals surface area (Å²) in [5.41, 5.74) is 3.98. The molecular weight excluding hydrogens is 274 g/mol. The Labute approximate surface area is 131 Å². The van der Waals surface area contributed by atoms with Crippen molar-refractivity contribution in [3.05, 3.63) is 53.3 Å². The van der Waals surface area contributed by atoms with Crippen molar-refractivity contribution in [1.82, 2.24) is 15.1 Å². The molecular formula is C18H23N3O. The summed E-state index contributed by atoms with van der Waals surface area (Å²) in [7, 11) is 0. The van der Waals surface area contributed by atoms with Gasteiger partial charge in [0.25, 0.3) is 0 Å². The van der Waals surface area contributed by atoms with Crippen molar-refractivity contribution in [3.63, 3.8) is 0 Å². The number of aromatic nitrogens is 2. The number of aryl methyl sites for hydroxylation is 3. The molecule has 3 rings (SSSR count). The second kappa shape index (κ2) is 6.77. The molecule has 1 atom stereocenters. The quantitative estimate of drug-likeness (QED) is 0.922. The third-order valence-corrected chi connectivity index (χ3v) is 4.37. The highest BCUT2D eigenvalue weighted by Gasteiger charge is 2.20. The van der Waals surface area contributed by atoms with E-state index in [1.54, 1.807) is 0 Å². The van der Waals surface area contributed by atoms with Gasteiger partial charge in [-0.3, -0.25) is 9.48 Å². The van der Waals surface area contributed by atoms with Crippen LogP contribution in [0, 0.1) is 6.92 Å². The number of fused-ring (bicyclic) bond motifs is 1. The molecule has 0 saturated heterocycles. The minimum absolute atomic E-state index is 0.108. The van der Waals surface area contributed by atoms with Crippen molar-refractivity contribution in [2.75, 3.05) is 6.54 Å². The van der Waals surface area contributed by atoms with Gasteiger partial charge in [0.05, 0.1) is 6.20 Å². The molecule has 0 saturated carbocycles. The Kier molecular flexibility index (Phi) is 4.56. The first-order valence-corrected chi connectivity index (χ1v) is 8.06. The molecule has 0 radical (unpaired) electrons. The van der Waals surface area contributed by atoms with Crippen LogP contribution in [0.4, 0.5) is 0 Å². The van der Waals surface area contributed by atoms with Gasteiger partial charge in [-0.2, -0.15) is 5.10 Å². The van der Waals surface area contributed by atoms with Crippen LogP contribution < -0.4 is 5.32 Å². The number of carbonyl (C=O) groups excluding carboxylic acids is 1. The molecule has 1 N–H and O–H groups in total. The summed E-state index contributed by atoms with van der Waals surface area (Å²) in [5, 5.41) is 7.29. The van der Waals surface area contributed by atoms with E-state index in [0.717, 1.165) is 18.5 Å². The molecule has 0 spiro atoms. The summed E-state index contributed by atoms with van der Waals surface area (Å²) < 4.78 is 1.82. The first-order chi connectivity index (χ1) is 10.7. The lowest BCUT2D eigenvalue weighted by Crippen LogP contribution is -2.30. The normalized spacial score (nSPS) is 17.0. The van der Waals surface area contributed by atoms with Gasteiger partial charge in [0.2, 0.25) is 5.91 Å². The van der Waals surface area contributed by atoms with Crippen LogP contribution in [0.2, 0.25) is 0 Å². The zero-order valence-corrected chi connectivity index (χ0v) is 13.1. The molecule has 1 aromatic heterocycles. The van der Waals surface area contributed by atoms with Crippen molar-refractivity contribution in [1.29, 1.82) is 0 Å². The van der Waals surface area contributed by atoms with Crippen LogP contribution in [0.1, 0.15) is 41.9 Å². The molecule has 1 amide bonds. The van der Waals surface area contributed by atoms with Crippen molar-refractivity contribution in [2.24, 2.45) is 0 Å². The lowest BCUT2D eigenvalue weighted by Gasteiger charge is -2.25. The maximum Gasteiger partial charge on any atom is 0.221 e. The predicted octanol–water partition coefficient (Wildman–Crippen LogP) is 2.82. The van der Waals surface area contributed by atoms with Crippen LogP contribution in [0.5, 0.6) is 0 Å². The van der Waals surface area contributed by atoms with E-state index in [4.69, 9.17) is 0 Å². The fraction of sp³-hybridized carbons (Fsp3) is 0.444. The first kappa shape index (κ1) is 14.8. The van der Waals surface area contributed by atoms with Gasteiger partial charge in [-0.15, -0.1) is 0 Å². The van der Waals surface area contributed by atoms with Crippen LogP contribution >= 0.6 is 0 Å². The lowest BCUT2D eigenvalue weighted by molar-refractivity contribution is -0.121. The highest BCUT2D eigenvalue weighted by Crippen LogP contribution is 2.30. The summed E-state index contributed by atoms with van der Waals surface area (Å²) in [6.45, 7) is 3.39. The Balaban J connectivity index is 1.49. The van der Waals surface area contributed by atoms with Crippen LogP contribution in [0.15, 0.2) is 36.7 Å². The predicted molar refractivity (Wildman–Crippen MR) is 86.7 cm³/mol. The number of nitrogens with one attached hydrogen (secondary N) is 1. The first-order valence-electron chi connectivity index (χ1n) is 8.06. The lowest BCUT2D eigenvalue weighted by atomic mass is 9.83. The Morgan fingerprint density at radius 3 is 3.09 bits per heavy atom. The van der Waals surface area contributed by atoms with Crippen LogP contribution in [-0.4, -0.2) is 22.2 Å². The summed E-state index contributed by atoms with van der Waals surface area (Å²) in [4.78, 5) is 12.0. The largest absolute Gasteiger partial charge is 0.355 e. The van der Waals surface area contributed by atoms with E-state index in [9.17, 15) is 4.79 Å². The third kappa shape index (κ3) is 3.56. The zero-order valence-electron chi connectivity index (χ0n) is 13.1. The Morgan fingerprint density at radius 1 is 1.41 bits per heavy atom. The van der Waals surface area contributed by atoms with E-state index < -0.39 is 0 Å². The number of hydrogen-bond acceptors (Lipinski definition) is 2. The maximum absolute atomic E-state index is 12.0. The standard InChI is InChI=1S/C18H23N3O/c1-14-11-20-21(13-14)10-9-18(22)19-12-16-7-4-6-15-5-2-3-8-17(15)16/h2-3,5,8,11,13,16H,4,6-7,9-10,12H2,1H3,(H,19,22). The van der Waals surface area contributed by atoms with E-state index in [2.05, 4.69) is 34.7 Å². The van der Waals surface area contributed by atoms with E-state index >= 15 is 0 Å². The summed E-state index contributed by atoms with van der Waals surface area (Å²) in [5.74, 6) is 0.567. The Bertz CT molecular complexity index is 647. The smallest absolute Gasteiger partial charge is 0.221 e. The van der Waals surface area contributed by atoms with Gasteiger partial charge in [-0.1, -0.05) is 24.3 Å². The molecule has 22 heavy (non-hydrogen) atoms. The number of hydrogen-bond donors (Lipinski definition) is 1. The van der Waals surface area contributed by atoms with Crippen LogP contribution in [0.3, 0.4) is 0 Å². The molecule has 0 bridgehead atoms. The van der Waals surface area contributed by atoms with Gasteiger partial charge < -0.3 is 5.32 Å². The van der Waals surface area contributed by atoms with Crippen LogP contribution in [0.25, 0.3) is 0 Å².